The van der Waals surface area contributed by atoms with Crippen LogP contribution in [0, 0.1) is 16.7 Å². The number of esters is 1. The molecule has 0 aromatic heterocycles. The number of nitrogens with zero attached hydrogens (tertiary/aromatic N) is 2. The van der Waals surface area contributed by atoms with Crippen molar-refractivity contribution in [1.82, 2.24) is 4.90 Å². The lowest BCUT2D eigenvalue weighted by molar-refractivity contribution is -0.158. The highest BCUT2D eigenvalue weighted by atomic mass is 16.5. The van der Waals surface area contributed by atoms with E-state index in [9.17, 15) is 14.9 Å². The number of nitriles is 1. The topological polar surface area (TPSA) is 70.4 Å². The van der Waals surface area contributed by atoms with E-state index in [0.717, 1.165) is 12.8 Å². The molecule has 0 radical (unpaired) electrons. The Hall–Kier alpha value is -1.57. The maximum Gasteiger partial charge on any atom is 0.328 e. The van der Waals surface area contributed by atoms with Crippen LogP contribution in [-0.2, 0) is 14.3 Å². The molecular formula is C14H22N2O3. The van der Waals surface area contributed by atoms with Crippen LogP contribution < -0.4 is 0 Å². The highest BCUT2D eigenvalue weighted by Crippen LogP contribution is 2.31. The van der Waals surface area contributed by atoms with Gasteiger partial charge in [-0.3, -0.25) is 4.79 Å². The number of ether oxygens (including phenoxy) is 1. The molecule has 0 aromatic rings. The molecule has 1 atom stereocenters. The Kier molecular flexibility index (Phi) is 5.34. The lowest BCUT2D eigenvalue weighted by Gasteiger charge is -2.38. The molecule has 19 heavy (non-hydrogen) atoms. The van der Waals surface area contributed by atoms with Gasteiger partial charge in [-0.15, -0.1) is 0 Å². The van der Waals surface area contributed by atoms with Crippen molar-refractivity contribution < 1.29 is 14.3 Å². The van der Waals surface area contributed by atoms with Gasteiger partial charge in [0.1, 0.15) is 11.5 Å². The molecule has 1 aliphatic heterocycles. The molecule has 0 saturated carbocycles. The van der Waals surface area contributed by atoms with Crippen LogP contribution in [-0.4, -0.2) is 36.5 Å². The number of hydrogen-bond acceptors (Lipinski definition) is 4. The average molecular weight is 266 g/mol. The number of amides is 1. The van der Waals surface area contributed by atoms with E-state index in [4.69, 9.17) is 4.74 Å². The summed E-state index contributed by atoms with van der Waals surface area (Å²) in [6.07, 6.45) is 3.31. The van der Waals surface area contributed by atoms with Crippen LogP contribution in [0.4, 0.5) is 0 Å². The van der Waals surface area contributed by atoms with Gasteiger partial charge in [0.25, 0.3) is 0 Å². The van der Waals surface area contributed by atoms with Gasteiger partial charge in [-0.05, 0) is 32.1 Å². The van der Waals surface area contributed by atoms with Crippen molar-refractivity contribution in [3.63, 3.8) is 0 Å². The number of likely N-dealkylation sites (tertiary alicyclic amines) is 1. The van der Waals surface area contributed by atoms with E-state index in [-0.39, 0.29) is 11.9 Å². The average Bonchev–Trinajstić information content (AvgIpc) is 2.48. The smallest absolute Gasteiger partial charge is 0.328 e. The Balaban J connectivity index is 3.00. The van der Waals surface area contributed by atoms with Gasteiger partial charge >= 0.3 is 5.97 Å². The van der Waals surface area contributed by atoms with Gasteiger partial charge in [0.15, 0.2) is 0 Å². The number of methoxy groups -OCH3 is 1. The zero-order valence-electron chi connectivity index (χ0n) is 11.9. The van der Waals surface area contributed by atoms with Crippen molar-refractivity contribution in [3.05, 3.63) is 0 Å². The molecule has 1 unspecified atom stereocenters. The zero-order chi connectivity index (χ0) is 14.5. The third-order valence-electron chi connectivity index (χ3n) is 4.07. The minimum atomic E-state index is -1.01. The zero-order valence-corrected chi connectivity index (χ0v) is 11.9. The fourth-order valence-corrected chi connectivity index (χ4v) is 2.59. The summed E-state index contributed by atoms with van der Waals surface area (Å²) < 4.78 is 4.77. The summed E-state index contributed by atoms with van der Waals surface area (Å²) in [6.45, 7) is 4.20. The second kappa shape index (κ2) is 6.55. The highest BCUT2D eigenvalue weighted by molar-refractivity contribution is 5.90. The molecular weight excluding hydrogens is 244 g/mol. The van der Waals surface area contributed by atoms with E-state index in [0.29, 0.717) is 25.8 Å². The van der Waals surface area contributed by atoms with Crippen molar-refractivity contribution in [2.24, 2.45) is 5.41 Å². The van der Waals surface area contributed by atoms with Gasteiger partial charge in [0, 0.05) is 6.54 Å². The van der Waals surface area contributed by atoms with Gasteiger partial charge in [-0.1, -0.05) is 13.8 Å². The van der Waals surface area contributed by atoms with Crippen LogP contribution in [0.25, 0.3) is 0 Å². The largest absolute Gasteiger partial charge is 0.467 e. The second-order valence-corrected chi connectivity index (χ2v) is 4.93. The van der Waals surface area contributed by atoms with E-state index in [1.807, 2.05) is 13.8 Å². The number of carbonyl (C=O) groups excluding carboxylic acids is 2. The first-order valence-corrected chi connectivity index (χ1v) is 6.86. The molecule has 5 heteroatoms. The molecule has 1 fully saturated rings. The number of piperidine rings is 1. The highest BCUT2D eigenvalue weighted by Gasteiger charge is 2.43. The van der Waals surface area contributed by atoms with Crippen LogP contribution in [0.3, 0.4) is 0 Å². The van der Waals surface area contributed by atoms with Crippen molar-refractivity contribution in [2.75, 3.05) is 13.7 Å². The Labute approximate surface area is 114 Å². The van der Waals surface area contributed by atoms with E-state index >= 15 is 0 Å². The van der Waals surface area contributed by atoms with E-state index in [1.54, 1.807) is 4.90 Å². The number of carbonyl (C=O) groups is 2. The molecule has 0 N–H and O–H groups in total. The number of hydrogen-bond donors (Lipinski definition) is 0. The maximum atomic E-state index is 12.6. The van der Waals surface area contributed by atoms with Crippen molar-refractivity contribution >= 4 is 11.9 Å². The molecule has 1 heterocycles. The predicted molar refractivity (Wildman–Crippen MR) is 70.0 cm³/mol. The third-order valence-corrected chi connectivity index (χ3v) is 4.07. The first-order chi connectivity index (χ1) is 9.06. The number of rotatable bonds is 4. The third kappa shape index (κ3) is 2.89. The Morgan fingerprint density at radius 1 is 1.37 bits per heavy atom. The summed E-state index contributed by atoms with van der Waals surface area (Å²) in [5, 5.41) is 9.35. The molecule has 1 rings (SSSR count). The predicted octanol–water partition coefficient (Wildman–Crippen LogP) is 1.87. The van der Waals surface area contributed by atoms with Crippen LogP contribution in [0.5, 0.6) is 0 Å². The first kappa shape index (κ1) is 15.5. The maximum absolute atomic E-state index is 12.6. The lowest BCUT2D eigenvalue weighted by Crippen LogP contribution is -2.53. The van der Waals surface area contributed by atoms with Crippen molar-refractivity contribution in [2.45, 2.75) is 52.0 Å². The molecule has 0 bridgehead atoms. The lowest BCUT2D eigenvalue weighted by atomic mass is 9.81. The van der Waals surface area contributed by atoms with Crippen molar-refractivity contribution in [3.8, 4) is 6.07 Å². The summed E-state index contributed by atoms with van der Waals surface area (Å²) >= 11 is 0. The Morgan fingerprint density at radius 3 is 2.47 bits per heavy atom. The fraction of sp³-hybridized carbons (Fsp3) is 0.786. The molecule has 1 amide bonds. The monoisotopic (exact) mass is 266 g/mol. The van der Waals surface area contributed by atoms with Crippen LogP contribution in [0.1, 0.15) is 46.0 Å². The van der Waals surface area contributed by atoms with Gasteiger partial charge in [0.05, 0.1) is 13.2 Å². The molecule has 5 nitrogen and oxygen atoms in total. The van der Waals surface area contributed by atoms with E-state index < -0.39 is 11.5 Å². The molecule has 0 aliphatic carbocycles. The van der Waals surface area contributed by atoms with Crippen LogP contribution in [0.2, 0.25) is 0 Å². The van der Waals surface area contributed by atoms with Gasteiger partial charge in [-0.25, -0.2) is 4.79 Å². The van der Waals surface area contributed by atoms with Gasteiger partial charge in [-0.2, -0.15) is 5.26 Å². The van der Waals surface area contributed by atoms with Crippen LogP contribution >= 0.6 is 0 Å². The summed E-state index contributed by atoms with van der Waals surface area (Å²) in [5.41, 5.74) is -1.01. The van der Waals surface area contributed by atoms with Crippen molar-refractivity contribution in [1.29, 1.82) is 5.26 Å². The Morgan fingerprint density at radius 2 is 2.00 bits per heavy atom. The summed E-state index contributed by atoms with van der Waals surface area (Å²) in [4.78, 5) is 26.0. The fourth-order valence-electron chi connectivity index (χ4n) is 2.59. The van der Waals surface area contributed by atoms with E-state index in [1.165, 1.54) is 7.11 Å². The summed E-state index contributed by atoms with van der Waals surface area (Å²) in [6, 6.07) is 1.62. The molecule has 1 saturated heterocycles. The molecule has 1 aliphatic rings. The first-order valence-electron chi connectivity index (χ1n) is 6.86. The molecule has 0 aromatic carbocycles. The Bertz CT molecular complexity index is 383. The molecule has 106 valence electrons. The summed E-state index contributed by atoms with van der Waals surface area (Å²) in [5.74, 6) is -0.609. The quantitative estimate of drug-likeness (QED) is 0.728. The van der Waals surface area contributed by atoms with Crippen LogP contribution in [0.15, 0.2) is 0 Å². The minimum absolute atomic E-state index is 0.227. The SMILES string of the molecule is CCC(C#N)(CC)C(=O)N1CCCCC1C(=O)OC. The van der Waals surface area contributed by atoms with E-state index in [2.05, 4.69) is 6.07 Å². The standard InChI is InChI=1S/C14H22N2O3/c1-4-14(5-2,10-15)13(18)16-9-7-6-8-11(16)12(17)19-3/h11H,4-9H2,1-3H3. The minimum Gasteiger partial charge on any atom is -0.467 e. The molecule has 0 spiro atoms. The normalized spacial score (nSPS) is 19.7. The second-order valence-electron chi connectivity index (χ2n) is 4.93. The van der Waals surface area contributed by atoms with Gasteiger partial charge < -0.3 is 9.64 Å². The summed E-state index contributed by atoms with van der Waals surface area (Å²) in [7, 11) is 1.33. The van der Waals surface area contributed by atoms with Gasteiger partial charge in [0.2, 0.25) is 5.91 Å².